The third-order valence-corrected chi connectivity index (χ3v) is 1.64. The summed E-state index contributed by atoms with van der Waals surface area (Å²) in [5.41, 5.74) is -0.108. The van der Waals surface area contributed by atoms with Crippen LogP contribution in [0.4, 0.5) is 4.79 Å². The zero-order chi connectivity index (χ0) is 9.42. The Hall–Kier alpha value is -2.11. The topological polar surface area (TPSA) is 88.0 Å². The molecule has 0 radical (unpaired) electrons. The minimum absolute atomic E-state index is 0.130. The molecule has 0 saturated heterocycles. The first-order chi connectivity index (χ1) is 6.20. The number of aromatic amines is 1. The number of carboxylic acid groups (broad SMARTS) is 1. The van der Waals surface area contributed by atoms with E-state index in [2.05, 4.69) is 10.1 Å². The first-order valence-electron chi connectivity index (χ1n) is 3.49. The lowest BCUT2D eigenvalue weighted by molar-refractivity contribution is 0.192. The number of pyridine rings is 1. The molecule has 13 heavy (non-hydrogen) atoms. The molecule has 0 bridgehead atoms. The summed E-state index contributed by atoms with van der Waals surface area (Å²) in [6.07, 6.45) is 0.0898. The van der Waals surface area contributed by atoms with Crippen molar-refractivity contribution in [3.63, 3.8) is 0 Å². The van der Waals surface area contributed by atoms with Crippen LogP contribution < -0.4 is 5.56 Å². The Morgan fingerprint density at radius 3 is 3.00 bits per heavy atom. The smallest absolute Gasteiger partial charge is 0.433 e. The fraction of sp³-hybridized carbons (Fsp3) is 0. The number of carbonyl (C=O) groups is 1. The molecule has 0 saturated carbocycles. The van der Waals surface area contributed by atoms with Crippen LogP contribution in [-0.4, -0.2) is 26.0 Å². The highest BCUT2D eigenvalue weighted by Gasteiger charge is 2.11. The number of H-pyrrole nitrogens is 1. The molecule has 6 nitrogen and oxygen atoms in total. The van der Waals surface area contributed by atoms with Gasteiger partial charge in [0.05, 0.1) is 5.52 Å². The molecule has 2 aromatic rings. The Labute approximate surface area is 71.4 Å². The molecule has 0 spiro atoms. The molecule has 0 aliphatic carbocycles. The van der Waals surface area contributed by atoms with Gasteiger partial charge in [0, 0.05) is 6.20 Å². The van der Waals surface area contributed by atoms with Gasteiger partial charge in [-0.15, -0.1) is 4.68 Å². The van der Waals surface area contributed by atoms with E-state index < -0.39 is 11.7 Å². The molecule has 0 unspecified atom stereocenters. The Morgan fingerprint density at radius 1 is 1.62 bits per heavy atom. The van der Waals surface area contributed by atoms with Crippen molar-refractivity contribution in [2.45, 2.75) is 0 Å². The summed E-state index contributed by atoms with van der Waals surface area (Å²) in [5.74, 6) is 0. The summed E-state index contributed by atoms with van der Waals surface area (Å²) in [7, 11) is 0. The molecule has 0 atom stereocenters. The fourth-order valence-electron chi connectivity index (χ4n) is 1.08. The molecular weight excluding hydrogens is 174 g/mol. The summed E-state index contributed by atoms with van der Waals surface area (Å²) >= 11 is 0. The van der Waals surface area contributed by atoms with Crippen molar-refractivity contribution in [3.8, 4) is 0 Å². The standard InChI is InChI=1S/C7H5N3O3/c11-6-5-4(2-1-3-8-5)9-10(6)7(12)13/h1-3,9H,(H,12,13). The van der Waals surface area contributed by atoms with Crippen LogP contribution in [0.3, 0.4) is 0 Å². The number of nitrogens with one attached hydrogen (secondary N) is 1. The summed E-state index contributed by atoms with van der Waals surface area (Å²) in [4.78, 5) is 25.5. The van der Waals surface area contributed by atoms with Crippen LogP contribution in [0.2, 0.25) is 0 Å². The number of rotatable bonds is 0. The average Bonchev–Trinajstić information content (AvgIpc) is 2.45. The van der Waals surface area contributed by atoms with Crippen LogP contribution in [0.5, 0.6) is 0 Å². The molecule has 2 heterocycles. The monoisotopic (exact) mass is 179 g/mol. The van der Waals surface area contributed by atoms with Gasteiger partial charge in [0.25, 0.3) is 0 Å². The zero-order valence-corrected chi connectivity index (χ0v) is 6.39. The van der Waals surface area contributed by atoms with Gasteiger partial charge >= 0.3 is 11.7 Å². The van der Waals surface area contributed by atoms with E-state index in [4.69, 9.17) is 5.11 Å². The van der Waals surface area contributed by atoms with Crippen molar-refractivity contribution in [2.24, 2.45) is 0 Å². The van der Waals surface area contributed by atoms with Crippen molar-refractivity contribution in [2.75, 3.05) is 0 Å². The van der Waals surface area contributed by atoms with Crippen LogP contribution in [0.1, 0.15) is 0 Å². The van der Waals surface area contributed by atoms with Crippen LogP contribution >= 0.6 is 0 Å². The highest BCUT2D eigenvalue weighted by molar-refractivity contribution is 5.78. The van der Waals surface area contributed by atoms with Crippen LogP contribution in [0, 0.1) is 0 Å². The fourth-order valence-corrected chi connectivity index (χ4v) is 1.08. The molecule has 2 aromatic heterocycles. The highest BCUT2D eigenvalue weighted by atomic mass is 16.4. The minimum atomic E-state index is -1.34. The number of nitrogens with zero attached hydrogens (tertiary/aromatic N) is 2. The van der Waals surface area contributed by atoms with Gasteiger partial charge in [-0.1, -0.05) is 0 Å². The first-order valence-corrected chi connectivity index (χ1v) is 3.49. The second-order valence-corrected chi connectivity index (χ2v) is 2.43. The molecular formula is C7H5N3O3. The largest absolute Gasteiger partial charge is 0.463 e. The molecule has 0 aromatic carbocycles. The number of fused-ring (bicyclic) bond motifs is 1. The maximum Gasteiger partial charge on any atom is 0.433 e. The predicted octanol–water partition coefficient (Wildman–Crippen LogP) is 0.251. The van der Waals surface area contributed by atoms with E-state index in [1.807, 2.05) is 0 Å². The summed E-state index contributed by atoms with van der Waals surface area (Å²) in [5, 5.41) is 11.0. The third kappa shape index (κ3) is 0.994. The second kappa shape index (κ2) is 2.44. The maximum atomic E-state index is 11.3. The molecule has 2 N–H and O–H groups in total. The van der Waals surface area contributed by atoms with E-state index in [0.29, 0.717) is 10.2 Å². The van der Waals surface area contributed by atoms with Crippen LogP contribution in [0.15, 0.2) is 23.1 Å². The van der Waals surface area contributed by atoms with Crippen molar-refractivity contribution in [1.82, 2.24) is 14.8 Å². The van der Waals surface area contributed by atoms with E-state index >= 15 is 0 Å². The lowest BCUT2D eigenvalue weighted by Crippen LogP contribution is -2.23. The highest BCUT2D eigenvalue weighted by Crippen LogP contribution is 2.01. The Balaban J connectivity index is 2.90. The summed E-state index contributed by atoms with van der Waals surface area (Å²) < 4.78 is 0.498. The average molecular weight is 179 g/mol. The van der Waals surface area contributed by atoms with E-state index in [0.717, 1.165) is 0 Å². The van der Waals surface area contributed by atoms with E-state index in [1.54, 1.807) is 12.1 Å². The van der Waals surface area contributed by atoms with Gasteiger partial charge in [0.1, 0.15) is 0 Å². The molecule has 0 aliphatic rings. The lowest BCUT2D eigenvalue weighted by atomic mass is 10.4. The Morgan fingerprint density at radius 2 is 2.38 bits per heavy atom. The van der Waals surface area contributed by atoms with E-state index in [1.165, 1.54) is 6.20 Å². The number of aromatic nitrogens is 3. The van der Waals surface area contributed by atoms with Crippen molar-refractivity contribution >= 4 is 17.1 Å². The lowest BCUT2D eigenvalue weighted by Gasteiger charge is -1.87. The Bertz CT molecular complexity index is 525. The summed E-state index contributed by atoms with van der Waals surface area (Å²) in [6.45, 7) is 0. The van der Waals surface area contributed by atoms with Gasteiger partial charge in [-0.2, -0.15) is 0 Å². The van der Waals surface area contributed by atoms with Crippen molar-refractivity contribution < 1.29 is 9.90 Å². The predicted molar refractivity (Wildman–Crippen MR) is 43.8 cm³/mol. The van der Waals surface area contributed by atoms with E-state index in [-0.39, 0.29) is 5.52 Å². The minimum Gasteiger partial charge on any atom is -0.463 e. The maximum absolute atomic E-state index is 11.3. The molecule has 0 aliphatic heterocycles. The van der Waals surface area contributed by atoms with Gasteiger partial charge in [-0.25, -0.2) is 9.78 Å². The number of hydrogen-bond acceptors (Lipinski definition) is 3. The van der Waals surface area contributed by atoms with Crippen molar-refractivity contribution in [3.05, 3.63) is 28.7 Å². The van der Waals surface area contributed by atoms with Gasteiger partial charge < -0.3 is 5.11 Å². The molecule has 6 heteroatoms. The van der Waals surface area contributed by atoms with Gasteiger partial charge in [0.2, 0.25) is 0 Å². The third-order valence-electron chi connectivity index (χ3n) is 1.64. The normalized spacial score (nSPS) is 10.5. The Kier molecular flexibility index (Phi) is 1.42. The summed E-state index contributed by atoms with van der Waals surface area (Å²) in [6, 6.07) is 3.20. The number of hydrogen-bond donors (Lipinski definition) is 2. The van der Waals surface area contributed by atoms with Gasteiger partial charge in [-0.05, 0) is 12.1 Å². The van der Waals surface area contributed by atoms with Crippen LogP contribution in [0.25, 0.3) is 11.0 Å². The molecule has 0 amide bonds. The molecule has 2 rings (SSSR count). The van der Waals surface area contributed by atoms with Crippen LogP contribution in [-0.2, 0) is 0 Å². The SMILES string of the molecule is O=C(O)n1[nH]c2cccnc2c1=O. The van der Waals surface area contributed by atoms with Crippen molar-refractivity contribution in [1.29, 1.82) is 0 Å². The second-order valence-electron chi connectivity index (χ2n) is 2.43. The van der Waals surface area contributed by atoms with Gasteiger partial charge in [0.15, 0.2) is 5.52 Å². The van der Waals surface area contributed by atoms with E-state index in [9.17, 15) is 9.59 Å². The zero-order valence-electron chi connectivity index (χ0n) is 6.39. The first kappa shape index (κ1) is 7.53. The quantitative estimate of drug-likeness (QED) is 0.606. The van der Waals surface area contributed by atoms with Gasteiger partial charge in [-0.3, -0.25) is 9.89 Å². The molecule has 0 fully saturated rings. The molecule has 66 valence electrons.